The van der Waals surface area contributed by atoms with Gasteiger partial charge in [-0.2, -0.15) is 0 Å². The summed E-state index contributed by atoms with van der Waals surface area (Å²) in [7, 11) is 3.62. The largest absolute Gasteiger partial charge is 0.383 e. The van der Waals surface area contributed by atoms with Gasteiger partial charge >= 0.3 is 0 Å². The summed E-state index contributed by atoms with van der Waals surface area (Å²) in [5.41, 5.74) is 1.61. The molecule has 0 unspecified atom stereocenters. The number of rotatable bonds is 8. The third-order valence-electron chi connectivity index (χ3n) is 2.76. The molecule has 1 aromatic rings. The van der Waals surface area contributed by atoms with Gasteiger partial charge in [0, 0.05) is 32.8 Å². The van der Waals surface area contributed by atoms with Crippen LogP contribution in [0.25, 0.3) is 0 Å². The van der Waals surface area contributed by atoms with Crippen LogP contribution >= 0.6 is 0 Å². The Morgan fingerprint density at radius 1 is 1.47 bits per heavy atom. The fourth-order valence-electron chi connectivity index (χ4n) is 1.80. The first-order valence-corrected chi connectivity index (χ1v) is 6.27. The number of nitrogens with zero attached hydrogens (tertiary/aromatic N) is 2. The molecule has 0 fully saturated rings. The van der Waals surface area contributed by atoms with Gasteiger partial charge in [-0.15, -0.1) is 0 Å². The Bertz CT molecular complexity index is 424. The van der Waals surface area contributed by atoms with E-state index in [0.717, 1.165) is 12.1 Å². The van der Waals surface area contributed by atoms with E-state index in [-0.39, 0.29) is 10.6 Å². The molecule has 1 N–H and O–H groups in total. The van der Waals surface area contributed by atoms with Crippen LogP contribution in [0, 0.1) is 10.1 Å². The smallest absolute Gasteiger partial charge is 0.292 e. The number of ether oxygens (including phenoxy) is 1. The van der Waals surface area contributed by atoms with Crippen molar-refractivity contribution in [1.29, 1.82) is 0 Å². The normalized spacial score (nSPS) is 10.7. The molecule has 0 bridgehead atoms. The molecule has 0 aliphatic rings. The third kappa shape index (κ3) is 4.84. The van der Waals surface area contributed by atoms with E-state index < -0.39 is 0 Å². The number of benzene rings is 1. The molecule has 1 rings (SSSR count). The van der Waals surface area contributed by atoms with E-state index in [1.54, 1.807) is 19.2 Å². The lowest BCUT2D eigenvalue weighted by Crippen LogP contribution is -2.22. The van der Waals surface area contributed by atoms with Crippen molar-refractivity contribution in [2.24, 2.45) is 0 Å². The maximum Gasteiger partial charge on any atom is 0.292 e. The maximum atomic E-state index is 11.0. The van der Waals surface area contributed by atoms with Crippen molar-refractivity contribution in [2.45, 2.75) is 13.5 Å². The zero-order valence-corrected chi connectivity index (χ0v) is 11.7. The first kappa shape index (κ1) is 15.4. The number of likely N-dealkylation sites (N-methyl/N-ethyl adjacent to an activating group) is 1. The van der Waals surface area contributed by atoms with Crippen molar-refractivity contribution < 1.29 is 9.66 Å². The Balaban J connectivity index is 2.80. The molecule has 0 aliphatic carbocycles. The number of hydrogen-bond donors (Lipinski definition) is 1. The third-order valence-corrected chi connectivity index (χ3v) is 2.76. The molecular weight excluding hydrogens is 246 g/mol. The Labute approximate surface area is 113 Å². The summed E-state index contributed by atoms with van der Waals surface area (Å²) in [6.07, 6.45) is 0. The average molecular weight is 267 g/mol. The summed E-state index contributed by atoms with van der Waals surface area (Å²) in [6, 6.07) is 5.30. The summed E-state index contributed by atoms with van der Waals surface area (Å²) in [5, 5.41) is 14.0. The molecule has 6 heteroatoms. The minimum absolute atomic E-state index is 0.125. The van der Waals surface area contributed by atoms with Crippen LogP contribution in [-0.4, -0.2) is 43.7 Å². The number of nitro benzene ring substituents is 1. The molecule has 0 heterocycles. The molecule has 0 saturated heterocycles. The van der Waals surface area contributed by atoms with Gasteiger partial charge < -0.3 is 10.1 Å². The quantitative estimate of drug-likeness (QED) is 0.577. The van der Waals surface area contributed by atoms with E-state index in [1.807, 2.05) is 20.0 Å². The Morgan fingerprint density at radius 3 is 2.79 bits per heavy atom. The zero-order chi connectivity index (χ0) is 14.3. The minimum Gasteiger partial charge on any atom is -0.383 e. The molecule has 0 spiro atoms. The monoisotopic (exact) mass is 267 g/mol. The van der Waals surface area contributed by atoms with Crippen LogP contribution in [0.15, 0.2) is 18.2 Å². The van der Waals surface area contributed by atoms with E-state index in [9.17, 15) is 10.1 Å². The predicted molar refractivity (Wildman–Crippen MR) is 75.5 cm³/mol. The molecule has 0 saturated carbocycles. The highest BCUT2D eigenvalue weighted by Crippen LogP contribution is 2.25. The predicted octanol–water partition coefficient (Wildman–Crippen LogP) is 2.10. The second kappa shape index (κ2) is 7.70. The van der Waals surface area contributed by atoms with Crippen LogP contribution in [0.3, 0.4) is 0 Å². The van der Waals surface area contributed by atoms with Crippen LogP contribution < -0.4 is 5.32 Å². The second-order valence-electron chi connectivity index (χ2n) is 4.37. The topological polar surface area (TPSA) is 67.6 Å². The minimum atomic E-state index is -0.351. The molecule has 0 aromatic heterocycles. The SMILES string of the molecule is CCNc1ccc(CN(C)CCOC)cc1[N+](=O)[O-]. The van der Waals surface area contributed by atoms with Crippen LogP contribution in [0.4, 0.5) is 11.4 Å². The van der Waals surface area contributed by atoms with Gasteiger partial charge in [0.15, 0.2) is 0 Å². The van der Waals surface area contributed by atoms with Gasteiger partial charge in [-0.3, -0.25) is 15.0 Å². The van der Waals surface area contributed by atoms with Crippen LogP contribution in [-0.2, 0) is 11.3 Å². The fraction of sp³-hybridized carbons (Fsp3) is 0.538. The van der Waals surface area contributed by atoms with Crippen molar-refractivity contribution in [2.75, 3.05) is 39.2 Å². The lowest BCUT2D eigenvalue weighted by molar-refractivity contribution is -0.384. The van der Waals surface area contributed by atoms with E-state index in [4.69, 9.17) is 4.74 Å². The standard InChI is InChI=1S/C13H21N3O3/c1-4-14-12-6-5-11(9-13(12)16(17)18)10-15(2)7-8-19-3/h5-6,9,14H,4,7-8,10H2,1-3H3. The molecule has 0 amide bonds. The van der Waals surface area contributed by atoms with Crippen molar-refractivity contribution in [1.82, 2.24) is 4.90 Å². The van der Waals surface area contributed by atoms with Crippen molar-refractivity contribution >= 4 is 11.4 Å². The summed E-state index contributed by atoms with van der Waals surface area (Å²) in [6.45, 7) is 4.67. The highest BCUT2D eigenvalue weighted by Gasteiger charge is 2.14. The van der Waals surface area contributed by atoms with Gasteiger partial charge in [0.25, 0.3) is 5.69 Å². The van der Waals surface area contributed by atoms with Crippen LogP contribution in [0.1, 0.15) is 12.5 Å². The van der Waals surface area contributed by atoms with E-state index in [2.05, 4.69) is 10.2 Å². The van der Waals surface area contributed by atoms with Gasteiger partial charge in [-0.1, -0.05) is 6.07 Å². The summed E-state index contributed by atoms with van der Waals surface area (Å²) < 4.78 is 5.00. The Morgan fingerprint density at radius 2 is 2.21 bits per heavy atom. The van der Waals surface area contributed by atoms with Gasteiger partial charge in [-0.05, 0) is 25.6 Å². The number of nitro groups is 1. The molecule has 0 aliphatic heterocycles. The Hall–Kier alpha value is -1.66. The number of methoxy groups -OCH3 is 1. The summed E-state index contributed by atoms with van der Waals surface area (Å²) >= 11 is 0. The molecule has 19 heavy (non-hydrogen) atoms. The zero-order valence-electron chi connectivity index (χ0n) is 11.7. The molecule has 1 aromatic carbocycles. The average Bonchev–Trinajstić information content (AvgIpc) is 2.38. The fourth-order valence-corrected chi connectivity index (χ4v) is 1.80. The molecule has 0 atom stereocenters. The van der Waals surface area contributed by atoms with Gasteiger partial charge in [-0.25, -0.2) is 0 Å². The van der Waals surface area contributed by atoms with E-state index >= 15 is 0 Å². The summed E-state index contributed by atoms with van der Waals surface area (Å²) in [5.74, 6) is 0. The lowest BCUT2D eigenvalue weighted by atomic mass is 10.1. The Kier molecular flexibility index (Phi) is 6.24. The molecular formula is C13H21N3O3. The van der Waals surface area contributed by atoms with Crippen molar-refractivity contribution in [3.63, 3.8) is 0 Å². The van der Waals surface area contributed by atoms with Crippen molar-refractivity contribution in [3.8, 4) is 0 Å². The van der Waals surface area contributed by atoms with Crippen LogP contribution in [0.5, 0.6) is 0 Å². The molecule has 106 valence electrons. The maximum absolute atomic E-state index is 11.0. The van der Waals surface area contributed by atoms with Crippen molar-refractivity contribution in [3.05, 3.63) is 33.9 Å². The summed E-state index contributed by atoms with van der Waals surface area (Å²) in [4.78, 5) is 12.8. The highest BCUT2D eigenvalue weighted by atomic mass is 16.6. The number of hydrogen-bond acceptors (Lipinski definition) is 5. The highest BCUT2D eigenvalue weighted by molar-refractivity contribution is 5.62. The van der Waals surface area contributed by atoms with Gasteiger partial charge in [0.2, 0.25) is 0 Å². The first-order valence-electron chi connectivity index (χ1n) is 6.27. The number of nitrogens with one attached hydrogen (secondary N) is 1. The lowest BCUT2D eigenvalue weighted by Gasteiger charge is -2.16. The second-order valence-corrected chi connectivity index (χ2v) is 4.37. The molecule has 6 nitrogen and oxygen atoms in total. The molecule has 0 radical (unpaired) electrons. The first-order chi connectivity index (χ1) is 9.08. The van der Waals surface area contributed by atoms with E-state index in [0.29, 0.717) is 25.4 Å². The number of anilines is 1. The van der Waals surface area contributed by atoms with E-state index in [1.165, 1.54) is 0 Å². The van der Waals surface area contributed by atoms with Gasteiger partial charge in [0.1, 0.15) is 5.69 Å². The van der Waals surface area contributed by atoms with Crippen LogP contribution in [0.2, 0.25) is 0 Å². The van der Waals surface area contributed by atoms with Gasteiger partial charge in [0.05, 0.1) is 11.5 Å².